The molecule has 4 atom stereocenters. The number of aromatic hydroxyl groups is 1. The van der Waals surface area contributed by atoms with Gasteiger partial charge in [0.2, 0.25) is 37.2 Å². The number of hydrogen-bond acceptors (Lipinski definition) is 13. The molecule has 6 aliphatic rings. The maximum atomic E-state index is 14.0. The van der Waals surface area contributed by atoms with Crippen molar-refractivity contribution in [1.82, 2.24) is 50.3 Å². The molecule has 2 unspecified atom stereocenters. The van der Waals surface area contributed by atoms with Gasteiger partial charge in [0, 0.05) is 46.7 Å². The highest BCUT2D eigenvalue weighted by Gasteiger charge is 2.52. The van der Waals surface area contributed by atoms with E-state index in [0.29, 0.717) is 49.1 Å². The molecule has 0 saturated carbocycles. The van der Waals surface area contributed by atoms with Crippen LogP contribution in [0.2, 0.25) is 0 Å². The Labute approximate surface area is 466 Å². The number of rotatable bonds is 12. The van der Waals surface area contributed by atoms with E-state index in [1.807, 2.05) is 125 Å². The smallest absolute Gasteiger partial charge is 0.334 e. The quantitative estimate of drug-likeness (QED) is 0.137. The summed E-state index contributed by atoms with van der Waals surface area (Å²) in [7, 11) is 3.43. The standard InChI is InChI=1S/C30H31N5O6.C27H33N5O5.C2H6/c1-32-18-28(37)34-24(13-20-7-10-23(36)11-8-20)29(38)33(16-22-9-12-25-26(14-22)41-19-40-25)17-27(34)35(32)30(39)31-15-21-5-3-2-4-6-21;1-18(2)11-21-26(34)30(14-20-9-10-22-23(12-20)37-17-36-22)15-24-31(21)25(33)16-29(3)32(24)27(35)28-13-19-7-5-4-6-8-19;1-2/h2-12,14,24,27,36H,13,15-19H2,1H3,(H,31,39);4-10,12,18,21,24H,11,13-17H2,1-3H3,(H,28,35);1-2H3/t24?,27-;21-,24?;/m00./s1. The van der Waals surface area contributed by atoms with Crippen molar-refractivity contribution in [3.05, 3.63) is 149 Å². The van der Waals surface area contributed by atoms with Crippen molar-refractivity contribution < 1.29 is 52.8 Å². The van der Waals surface area contributed by atoms with Crippen LogP contribution < -0.4 is 29.6 Å². The highest BCUT2D eigenvalue weighted by atomic mass is 16.7. The molecule has 8 amide bonds. The number of carbonyl (C=O) groups excluding carboxylic acids is 6. The molecule has 4 fully saturated rings. The largest absolute Gasteiger partial charge is 0.508 e. The van der Waals surface area contributed by atoms with Gasteiger partial charge in [-0.05, 0) is 76.6 Å². The highest BCUT2D eigenvalue weighted by Crippen LogP contribution is 2.36. The van der Waals surface area contributed by atoms with Gasteiger partial charge in [-0.15, -0.1) is 0 Å². The van der Waals surface area contributed by atoms with Crippen LogP contribution in [0.15, 0.2) is 121 Å². The zero-order valence-electron chi connectivity index (χ0n) is 46.0. The van der Waals surface area contributed by atoms with E-state index in [0.717, 1.165) is 27.8 Å². The molecule has 80 heavy (non-hydrogen) atoms. The average Bonchev–Trinajstić information content (AvgIpc) is 4.16. The zero-order chi connectivity index (χ0) is 56.6. The lowest BCUT2D eigenvalue weighted by Crippen LogP contribution is -2.76. The van der Waals surface area contributed by atoms with E-state index >= 15 is 0 Å². The minimum atomic E-state index is -0.835. The van der Waals surface area contributed by atoms with E-state index in [-0.39, 0.29) is 100 Å². The molecule has 6 heterocycles. The van der Waals surface area contributed by atoms with Gasteiger partial charge >= 0.3 is 12.1 Å². The maximum absolute atomic E-state index is 14.0. The first-order valence-corrected chi connectivity index (χ1v) is 27.1. The average molecular weight is 1100 g/mol. The molecule has 5 aromatic carbocycles. The van der Waals surface area contributed by atoms with Crippen molar-refractivity contribution in [3.63, 3.8) is 0 Å². The van der Waals surface area contributed by atoms with Crippen LogP contribution in [0, 0.1) is 5.92 Å². The van der Waals surface area contributed by atoms with Crippen LogP contribution in [-0.2, 0) is 51.8 Å². The lowest BCUT2D eigenvalue weighted by molar-refractivity contribution is -0.188. The molecule has 422 valence electrons. The number of phenolic OH excluding ortho intramolecular Hbond substituents is 1. The molecule has 0 spiro atoms. The van der Waals surface area contributed by atoms with Crippen molar-refractivity contribution in [2.24, 2.45) is 5.92 Å². The van der Waals surface area contributed by atoms with Crippen LogP contribution >= 0.6 is 0 Å². The maximum Gasteiger partial charge on any atom is 0.334 e. The van der Waals surface area contributed by atoms with Gasteiger partial charge in [0.05, 0.1) is 26.2 Å². The number of amides is 8. The predicted molar refractivity (Wildman–Crippen MR) is 294 cm³/mol. The lowest BCUT2D eigenvalue weighted by Gasteiger charge is -2.54. The number of hydrogen-bond donors (Lipinski definition) is 3. The number of nitrogens with zero attached hydrogens (tertiary/aromatic N) is 8. The summed E-state index contributed by atoms with van der Waals surface area (Å²) < 4.78 is 21.9. The first kappa shape index (κ1) is 56.2. The van der Waals surface area contributed by atoms with Gasteiger partial charge in [0.15, 0.2) is 23.0 Å². The molecule has 0 aromatic heterocycles. The second-order valence-electron chi connectivity index (χ2n) is 20.5. The Morgan fingerprint density at radius 2 is 0.963 bits per heavy atom. The molecule has 6 aliphatic heterocycles. The summed E-state index contributed by atoms with van der Waals surface area (Å²) in [6, 6.07) is 34.8. The summed E-state index contributed by atoms with van der Waals surface area (Å²) in [5.41, 5.74) is 4.45. The molecule has 0 aliphatic carbocycles. The summed E-state index contributed by atoms with van der Waals surface area (Å²) >= 11 is 0. The Hall–Kier alpha value is -8.56. The van der Waals surface area contributed by atoms with Crippen molar-refractivity contribution in [1.29, 1.82) is 0 Å². The van der Waals surface area contributed by atoms with Gasteiger partial charge < -0.3 is 54.3 Å². The second-order valence-corrected chi connectivity index (χ2v) is 20.5. The number of fused-ring (bicyclic) bond motifs is 4. The zero-order valence-corrected chi connectivity index (χ0v) is 46.0. The van der Waals surface area contributed by atoms with Crippen LogP contribution in [0.1, 0.15) is 61.9 Å². The fraction of sp³-hybridized carbons (Fsp3) is 0.390. The van der Waals surface area contributed by atoms with Gasteiger partial charge in [0.25, 0.3) is 0 Å². The molecule has 21 nitrogen and oxygen atoms in total. The van der Waals surface area contributed by atoms with Gasteiger partial charge in [0.1, 0.15) is 30.2 Å². The van der Waals surface area contributed by atoms with E-state index in [1.54, 1.807) is 73.0 Å². The topological polar surface area (TPSA) is 210 Å². The Kier molecular flexibility index (Phi) is 17.6. The fourth-order valence-corrected chi connectivity index (χ4v) is 10.9. The van der Waals surface area contributed by atoms with Crippen molar-refractivity contribution >= 4 is 35.7 Å². The van der Waals surface area contributed by atoms with Crippen LogP contribution in [0.25, 0.3) is 0 Å². The minimum Gasteiger partial charge on any atom is -0.508 e. The first-order chi connectivity index (χ1) is 38.7. The summed E-state index contributed by atoms with van der Waals surface area (Å²) in [4.78, 5) is 88.1. The van der Waals surface area contributed by atoms with Crippen molar-refractivity contribution in [3.8, 4) is 28.7 Å². The number of nitrogens with one attached hydrogen (secondary N) is 2. The summed E-state index contributed by atoms with van der Waals surface area (Å²) in [5, 5.41) is 22.1. The van der Waals surface area contributed by atoms with E-state index in [2.05, 4.69) is 10.6 Å². The summed E-state index contributed by atoms with van der Waals surface area (Å²) in [5.74, 6) is 2.19. The highest BCUT2D eigenvalue weighted by molar-refractivity contribution is 5.93. The normalized spacial score (nSPS) is 20.4. The molecule has 0 radical (unpaired) electrons. The Morgan fingerprint density at radius 3 is 1.41 bits per heavy atom. The van der Waals surface area contributed by atoms with E-state index < -0.39 is 24.4 Å². The molecular formula is C59H70N10O11. The number of phenols is 1. The molecule has 0 bridgehead atoms. The number of carbonyl (C=O) groups is 6. The molecular weight excluding hydrogens is 1020 g/mol. The molecule has 3 N–H and O–H groups in total. The summed E-state index contributed by atoms with van der Waals surface area (Å²) in [6.07, 6.45) is -0.576. The third kappa shape index (κ3) is 12.5. The fourth-order valence-electron chi connectivity index (χ4n) is 10.9. The number of ether oxygens (including phenoxy) is 4. The molecule has 5 aromatic rings. The minimum absolute atomic E-state index is 0.0271. The Balaban J connectivity index is 0.000000189. The number of urea groups is 2. The van der Waals surface area contributed by atoms with Gasteiger partial charge in [-0.1, -0.05) is 113 Å². The van der Waals surface area contributed by atoms with E-state index in [4.69, 9.17) is 18.9 Å². The van der Waals surface area contributed by atoms with Crippen molar-refractivity contribution in [2.45, 2.75) is 91.1 Å². The first-order valence-electron chi connectivity index (χ1n) is 27.1. The second kappa shape index (κ2) is 25.1. The third-order valence-corrected chi connectivity index (χ3v) is 14.5. The van der Waals surface area contributed by atoms with E-state index in [9.17, 15) is 33.9 Å². The molecule has 21 heteroatoms. The Bertz CT molecular complexity index is 3020. The van der Waals surface area contributed by atoms with Gasteiger partial charge in [-0.3, -0.25) is 19.2 Å². The number of benzene rings is 5. The Morgan fingerprint density at radius 1 is 0.550 bits per heavy atom. The van der Waals surface area contributed by atoms with E-state index in [1.165, 1.54) is 5.01 Å². The molecule has 4 saturated heterocycles. The monoisotopic (exact) mass is 1090 g/mol. The number of likely N-dealkylation sites (N-methyl/N-ethyl adjacent to an activating group) is 2. The summed E-state index contributed by atoms with van der Waals surface area (Å²) in [6.45, 7) is 10.00. The molecule has 11 rings (SSSR count). The van der Waals surface area contributed by atoms with Crippen LogP contribution in [0.5, 0.6) is 28.7 Å². The van der Waals surface area contributed by atoms with Crippen LogP contribution in [0.3, 0.4) is 0 Å². The number of hydrazine groups is 2. The van der Waals surface area contributed by atoms with Crippen molar-refractivity contribution in [2.75, 3.05) is 53.9 Å². The SMILES string of the molecule is CC.CC(C)C[C@H]1C(=O)N(Cc2ccc3c(c2)OCO3)CC2N1C(=O)CN(C)N2C(=O)NCc1ccccc1.CN1CC(=O)N2C(Cc3ccc(O)cc3)C(=O)N(Cc3ccc4c(c3)OCO4)C[C@@H]2N1C(=O)NCc1ccccc1. The lowest BCUT2D eigenvalue weighted by atomic mass is 9.96. The van der Waals surface area contributed by atoms with Crippen LogP contribution in [0.4, 0.5) is 9.59 Å². The van der Waals surface area contributed by atoms with Gasteiger partial charge in [-0.2, -0.15) is 0 Å². The third-order valence-electron chi connectivity index (χ3n) is 14.5. The van der Waals surface area contributed by atoms with Gasteiger partial charge in [-0.25, -0.2) is 29.6 Å². The van der Waals surface area contributed by atoms with Crippen LogP contribution in [-0.4, -0.2) is 159 Å². The number of piperazine rings is 2. The predicted octanol–water partition coefficient (Wildman–Crippen LogP) is 5.73.